The summed E-state index contributed by atoms with van der Waals surface area (Å²) in [5, 5.41) is 9.34. The van der Waals surface area contributed by atoms with Crippen molar-refractivity contribution in [2.24, 2.45) is 5.92 Å². The summed E-state index contributed by atoms with van der Waals surface area (Å²) in [5.41, 5.74) is 1.77. The van der Waals surface area contributed by atoms with E-state index in [1.165, 1.54) is 0 Å². The summed E-state index contributed by atoms with van der Waals surface area (Å²) in [7, 11) is 1.60. The maximum Gasteiger partial charge on any atom is 0.246 e. The summed E-state index contributed by atoms with van der Waals surface area (Å²) in [5.74, 6) is 1.34. The zero-order valence-electron chi connectivity index (χ0n) is 13.6. The van der Waals surface area contributed by atoms with Crippen LogP contribution in [0.15, 0.2) is 42.5 Å². The first kappa shape index (κ1) is 15.3. The molecule has 2 aliphatic heterocycles. The molecule has 2 aliphatic rings. The molecule has 2 aromatic carbocycles. The molecule has 0 spiro atoms. The molecule has 1 saturated heterocycles. The molecule has 2 heterocycles. The summed E-state index contributed by atoms with van der Waals surface area (Å²) in [4.78, 5) is 14.0. The number of hydrogen-bond donors (Lipinski definition) is 0. The summed E-state index contributed by atoms with van der Waals surface area (Å²) in [6.45, 7) is 0.222. The number of methoxy groups -OCH3 is 1. The smallest absolute Gasteiger partial charge is 0.246 e. The third-order valence-corrected chi connectivity index (χ3v) is 4.59. The van der Waals surface area contributed by atoms with Gasteiger partial charge in [0, 0.05) is 5.69 Å². The highest BCUT2D eigenvalue weighted by Crippen LogP contribution is 2.37. The van der Waals surface area contributed by atoms with Gasteiger partial charge in [-0.1, -0.05) is 6.07 Å². The van der Waals surface area contributed by atoms with Gasteiger partial charge >= 0.3 is 0 Å². The average molecular weight is 336 g/mol. The van der Waals surface area contributed by atoms with Gasteiger partial charge in [-0.25, -0.2) is 0 Å². The van der Waals surface area contributed by atoms with Crippen molar-refractivity contribution in [2.45, 2.75) is 12.5 Å². The average Bonchev–Trinajstić information content (AvgIpc) is 3.10. The minimum atomic E-state index is -0.632. The maximum absolute atomic E-state index is 12.4. The van der Waals surface area contributed by atoms with Gasteiger partial charge < -0.3 is 19.1 Å². The van der Waals surface area contributed by atoms with Crippen LogP contribution < -0.4 is 19.1 Å². The van der Waals surface area contributed by atoms with Crippen molar-refractivity contribution < 1.29 is 19.0 Å². The summed E-state index contributed by atoms with van der Waals surface area (Å²) >= 11 is 0. The van der Waals surface area contributed by atoms with Crippen molar-refractivity contribution >= 4 is 11.6 Å². The number of nitrogens with zero attached hydrogens (tertiary/aromatic N) is 2. The van der Waals surface area contributed by atoms with Gasteiger partial charge in [0.1, 0.15) is 11.7 Å². The third-order valence-electron chi connectivity index (χ3n) is 4.59. The molecule has 1 amide bonds. The van der Waals surface area contributed by atoms with E-state index < -0.39 is 5.92 Å². The molecule has 4 rings (SSSR count). The molecule has 0 N–H and O–H groups in total. The number of fused-ring (bicyclic) bond motifs is 1. The Morgan fingerprint density at radius 3 is 2.68 bits per heavy atom. The molecule has 0 aliphatic carbocycles. The van der Waals surface area contributed by atoms with Crippen molar-refractivity contribution in [3.63, 3.8) is 0 Å². The van der Waals surface area contributed by atoms with Crippen LogP contribution in [0.4, 0.5) is 5.69 Å². The number of carbonyl (C=O) groups is 1. The van der Waals surface area contributed by atoms with Crippen molar-refractivity contribution in [3.8, 4) is 23.3 Å². The SMILES string of the molecule is COc1ccc(N2C(=O)[C@@H](C#N)[C@H]2Cc2ccc3c(c2)OCO3)cc1. The van der Waals surface area contributed by atoms with Gasteiger partial charge in [-0.15, -0.1) is 0 Å². The molecular formula is C19H16N2O4. The van der Waals surface area contributed by atoms with Crippen molar-refractivity contribution in [3.05, 3.63) is 48.0 Å². The maximum atomic E-state index is 12.4. The number of hydrogen-bond acceptors (Lipinski definition) is 5. The van der Waals surface area contributed by atoms with Crippen LogP contribution in [-0.2, 0) is 11.2 Å². The molecule has 0 radical (unpaired) electrons. The minimum absolute atomic E-state index is 0.168. The Bertz CT molecular complexity index is 857. The molecule has 6 heteroatoms. The number of carbonyl (C=O) groups excluding carboxylic acids is 1. The number of β-lactam (4-membered cyclic amide) rings is 1. The fourth-order valence-electron chi connectivity index (χ4n) is 3.27. The van der Waals surface area contributed by atoms with E-state index in [0.717, 1.165) is 22.7 Å². The first-order chi connectivity index (χ1) is 12.2. The highest BCUT2D eigenvalue weighted by atomic mass is 16.7. The van der Waals surface area contributed by atoms with Gasteiger partial charge in [0.05, 0.1) is 19.2 Å². The summed E-state index contributed by atoms with van der Waals surface area (Å²) in [6.07, 6.45) is 0.576. The molecule has 25 heavy (non-hydrogen) atoms. The second-order valence-electron chi connectivity index (χ2n) is 5.97. The lowest BCUT2D eigenvalue weighted by molar-refractivity contribution is -0.127. The Balaban J connectivity index is 1.59. The fraction of sp³-hybridized carbons (Fsp3) is 0.263. The van der Waals surface area contributed by atoms with E-state index in [-0.39, 0.29) is 18.7 Å². The van der Waals surface area contributed by atoms with E-state index in [1.54, 1.807) is 24.1 Å². The van der Waals surface area contributed by atoms with E-state index in [2.05, 4.69) is 6.07 Å². The third kappa shape index (κ3) is 2.54. The van der Waals surface area contributed by atoms with Crippen molar-refractivity contribution in [1.82, 2.24) is 0 Å². The zero-order chi connectivity index (χ0) is 17.4. The first-order valence-corrected chi connectivity index (χ1v) is 7.96. The predicted octanol–water partition coefficient (Wildman–Crippen LogP) is 2.52. The Morgan fingerprint density at radius 1 is 1.20 bits per heavy atom. The highest BCUT2D eigenvalue weighted by molar-refractivity contribution is 6.04. The Labute approximate surface area is 145 Å². The molecular weight excluding hydrogens is 320 g/mol. The van der Waals surface area contributed by atoms with Crippen LogP contribution in [0.5, 0.6) is 17.2 Å². The van der Waals surface area contributed by atoms with E-state index >= 15 is 0 Å². The molecule has 2 aromatic rings. The largest absolute Gasteiger partial charge is 0.497 e. The molecule has 6 nitrogen and oxygen atoms in total. The molecule has 0 unspecified atom stereocenters. The van der Waals surface area contributed by atoms with Crippen LogP contribution in [-0.4, -0.2) is 25.9 Å². The number of anilines is 1. The van der Waals surface area contributed by atoms with E-state index in [9.17, 15) is 10.1 Å². The number of rotatable bonds is 4. The van der Waals surface area contributed by atoms with Gasteiger partial charge in [0.2, 0.25) is 12.7 Å². The lowest BCUT2D eigenvalue weighted by Crippen LogP contribution is -2.61. The molecule has 0 bridgehead atoms. The predicted molar refractivity (Wildman–Crippen MR) is 89.6 cm³/mol. The van der Waals surface area contributed by atoms with E-state index in [0.29, 0.717) is 12.2 Å². The van der Waals surface area contributed by atoms with Crippen LogP contribution in [0, 0.1) is 17.2 Å². The van der Waals surface area contributed by atoms with Crippen LogP contribution in [0.3, 0.4) is 0 Å². The lowest BCUT2D eigenvalue weighted by atomic mass is 9.83. The molecule has 1 fully saturated rings. The van der Waals surface area contributed by atoms with Crippen LogP contribution in [0.25, 0.3) is 0 Å². The quantitative estimate of drug-likeness (QED) is 0.802. The van der Waals surface area contributed by atoms with Gasteiger partial charge in [-0.2, -0.15) is 5.26 Å². The number of amides is 1. The monoisotopic (exact) mass is 336 g/mol. The van der Waals surface area contributed by atoms with E-state index in [1.807, 2.05) is 30.3 Å². The van der Waals surface area contributed by atoms with Gasteiger partial charge in [-0.05, 0) is 48.4 Å². The van der Waals surface area contributed by atoms with Crippen molar-refractivity contribution in [1.29, 1.82) is 5.26 Å². The standard InChI is InChI=1S/C19H16N2O4/c1-23-14-5-3-13(4-6-14)21-16(15(10-20)19(21)22)8-12-2-7-17-18(9-12)25-11-24-17/h2-7,9,15-16H,8,11H2,1H3/t15-,16+/m0/s1. The lowest BCUT2D eigenvalue weighted by Gasteiger charge is -2.44. The fourth-order valence-corrected chi connectivity index (χ4v) is 3.27. The second-order valence-corrected chi connectivity index (χ2v) is 5.97. The Morgan fingerprint density at radius 2 is 1.96 bits per heavy atom. The number of nitriles is 1. The number of ether oxygens (including phenoxy) is 3. The first-order valence-electron chi connectivity index (χ1n) is 7.96. The highest BCUT2D eigenvalue weighted by Gasteiger charge is 2.48. The van der Waals surface area contributed by atoms with E-state index in [4.69, 9.17) is 14.2 Å². The van der Waals surface area contributed by atoms with Crippen molar-refractivity contribution in [2.75, 3.05) is 18.8 Å². The normalized spacial score (nSPS) is 20.8. The zero-order valence-corrected chi connectivity index (χ0v) is 13.6. The Hall–Kier alpha value is -3.20. The van der Waals surface area contributed by atoms with Gasteiger partial charge in [0.15, 0.2) is 11.5 Å². The molecule has 0 aromatic heterocycles. The summed E-state index contributed by atoms with van der Waals surface area (Å²) < 4.78 is 15.9. The Kier molecular flexibility index (Phi) is 3.69. The second kappa shape index (κ2) is 6.02. The minimum Gasteiger partial charge on any atom is -0.497 e. The molecule has 0 saturated carbocycles. The number of benzene rings is 2. The topological polar surface area (TPSA) is 71.8 Å². The van der Waals surface area contributed by atoms with Crippen LogP contribution >= 0.6 is 0 Å². The molecule has 126 valence electrons. The van der Waals surface area contributed by atoms with Gasteiger partial charge in [-0.3, -0.25) is 4.79 Å². The molecule has 2 atom stereocenters. The summed E-state index contributed by atoms with van der Waals surface area (Å²) in [6, 6.07) is 14.9. The van der Waals surface area contributed by atoms with Crippen LogP contribution in [0.2, 0.25) is 0 Å². The van der Waals surface area contributed by atoms with Crippen LogP contribution in [0.1, 0.15) is 5.56 Å². The van der Waals surface area contributed by atoms with Gasteiger partial charge in [0.25, 0.3) is 0 Å².